The van der Waals surface area contributed by atoms with Gasteiger partial charge in [-0.05, 0) is 23.8 Å². The molecule has 0 spiro atoms. The van der Waals surface area contributed by atoms with E-state index in [1.165, 1.54) is 29.8 Å². The summed E-state index contributed by atoms with van der Waals surface area (Å²) in [6.07, 6.45) is 1.14. The third-order valence-corrected chi connectivity index (χ3v) is 6.10. The smallest absolute Gasteiger partial charge is 0.407 e. The number of halogens is 1. The molecular weight excluding hydrogens is 436 g/mol. The number of carboxylic acid groups (broad SMARTS) is 1. The zero-order valence-electron chi connectivity index (χ0n) is 16.1. The average Bonchev–Trinajstić information content (AvgIpc) is 2.71. The lowest BCUT2D eigenvalue weighted by Crippen LogP contribution is -2.51. The largest absolute Gasteiger partial charge is 0.465 e. The van der Waals surface area contributed by atoms with Gasteiger partial charge >= 0.3 is 6.09 Å². The molecule has 13 heteroatoms. The number of sulfonamides is 1. The van der Waals surface area contributed by atoms with Crippen molar-refractivity contribution in [1.82, 2.24) is 29.5 Å². The van der Waals surface area contributed by atoms with E-state index in [0.717, 1.165) is 11.2 Å². The van der Waals surface area contributed by atoms with Gasteiger partial charge in [0.1, 0.15) is 17.2 Å². The highest BCUT2D eigenvalue weighted by Gasteiger charge is 2.36. The van der Waals surface area contributed by atoms with Crippen LogP contribution < -0.4 is 5.32 Å². The van der Waals surface area contributed by atoms with Crippen LogP contribution in [0.15, 0.2) is 24.5 Å². The molecule has 1 atom stereocenters. The number of hydrogen-bond donors (Lipinski definition) is 2. The number of carbonyl (C=O) groups excluding carboxylic acids is 1. The summed E-state index contributed by atoms with van der Waals surface area (Å²) in [6.45, 7) is 0.0147. The highest BCUT2D eigenvalue weighted by atomic mass is 35.5. The van der Waals surface area contributed by atoms with Gasteiger partial charge in [0, 0.05) is 26.7 Å². The number of rotatable bonds is 4. The van der Waals surface area contributed by atoms with Gasteiger partial charge in [0.05, 0.1) is 23.7 Å². The molecule has 160 valence electrons. The van der Waals surface area contributed by atoms with Gasteiger partial charge in [0.15, 0.2) is 0 Å². The molecule has 2 aromatic heterocycles. The SMILES string of the molecule is CNC(=O)c1cc(-c2cc(C3CN(C(=O)O)CCN3S(C)(=O)=O)cc(Cl)n2)ncn1. The fraction of sp³-hybridized carbons (Fsp3) is 0.353. The van der Waals surface area contributed by atoms with Crippen molar-refractivity contribution < 1.29 is 23.1 Å². The van der Waals surface area contributed by atoms with Gasteiger partial charge in [-0.1, -0.05) is 11.6 Å². The first kappa shape index (κ1) is 21.9. The summed E-state index contributed by atoms with van der Waals surface area (Å²) in [7, 11) is -2.14. The number of aromatic nitrogens is 3. The van der Waals surface area contributed by atoms with Gasteiger partial charge in [-0.3, -0.25) is 4.79 Å². The molecule has 0 radical (unpaired) electrons. The van der Waals surface area contributed by atoms with Crippen LogP contribution in [0.4, 0.5) is 4.79 Å². The molecule has 11 nitrogen and oxygen atoms in total. The highest BCUT2D eigenvalue weighted by Crippen LogP contribution is 2.31. The Morgan fingerprint density at radius 1 is 1.20 bits per heavy atom. The van der Waals surface area contributed by atoms with E-state index in [-0.39, 0.29) is 30.5 Å². The first-order chi connectivity index (χ1) is 14.1. The molecule has 1 unspecified atom stereocenters. The molecular formula is C17H19ClN6O5S. The molecule has 0 saturated carbocycles. The summed E-state index contributed by atoms with van der Waals surface area (Å²) in [5, 5.41) is 11.9. The first-order valence-electron chi connectivity index (χ1n) is 8.77. The summed E-state index contributed by atoms with van der Waals surface area (Å²) in [6, 6.07) is 3.71. The summed E-state index contributed by atoms with van der Waals surface area (Å²) < 4.78 is 25.8. The van der Waals surface area contributed by atoms with Crippen LogP contribution in [-0.2, 0) is 10.0 Å². The molecule has 1 aliphatic heterocycles. The van der Waals surface area contributed by atoms with Crippen LogP contribution in [0.5, 0.6) is 0 Å². The molecule has 2 N–H and O–H groups in total. The number of piperazine rings is 1. The molecule has 3 rings (SSSR count). The van der Waals surface area contributed by atoms with Crippen molar-refractivity contribution in [2.75, 3.05) is 32.9 Å². The Morgan fingerprint density at radius 3 is 2.57 bits per heavy atom. The van der Waals surface area contributed by atoms with Crippen molar-refractivity contribution in [3.05, 3.63) is 40.9 Å². The minimum atomic E-state index is -3.61. The fourth-order valence-electron chi connectivity index (χ4n) is 3.20. The summed E-state index contributed by atoms with van der Waals surface area (Å²) >= 11 is 6.18. The second kappa shape index (κ2) is 8.50. The Morgan fingerprint density at radius 2 is 1.93 bits per heavy atom. The van der Waals surface area contributed by atoms with E-state index in [1.54, 1.807) is 6.07 Å². The molecule has 3 heterocycles. The molecule has 1 aliphatic rings. The second-order valence-electron chi connectivity index (χ2n) is 6.59. The van der Waals surface area contributed by atoms with Crippen LogP contribution in [0.25, 0.3) is 11.4 Å². The topological polar surface area (TPSA) is 146 Å². The number of nitrogens with one attached hydrogen (secondary N) is 1. The van der Waals surface area contributed by atoms with Crippen molar-refractivity contribution in [3.63, 3.8) is 0 Å². The van der Waals surface area contributed by atoms with Gasteiger partial charge in [-0.2, -0.15) is 4.31 Å². The predicted octanol–water partition coefficient (Wildman–Crippen LogP) is 0.848. The minimum Gasteiger partial charge on any atom is -0.465 e. The molecule has 1 saturated heterocycles. The number of carbonyl (C=O) groups is 2. The van der Waals surface area contributed by atoms with Crippen molar-refractivity contribution >= 4 is 33.6 Å². The maximum absolute atomic E-state index is 12.3. The van der Waals surface area contributed by atoms with E-state index in [2.05, 4.69) is 20.3 Å². The predicted molar refractivity (Wildman–Crippen MR) is 108 cm³/mol. The Kier molecular flexibility index (Phi) is 6.19. The van der Waals surface area contributed by atoms with Gasteiger partial charge in [0.25, 0.3) is 5.91 Å². The number of pyridine rings is 1. The van der Waals surface area contributed by atoms with Gasteiger partial charge in [-0.25, -0.2) is 28.2 Å². The maximum Gasteiger partial charge on any atom is 0.407 e. The van der Waals surface area contributed by atoms with Gasteiger partial charge < -0.3 is 15.3 Å². The maximum atomic E-state index is 12.3. The Balaban J connectivity index is 2.06. The first-order valence-corrected chi connectivity index (χ1v) is 11.0. The second-order valence-corrected chi connectivity index (χ2v) is 8.92. The van der Waals surface area contributed by atoms with Crippen molar-refractivity contribution in [3.8, 4) is 11.4 Å². The molecule has 0 aromatic carbocycles. The number of amides is 2. The van der Waals surface area contributed by atoms with Crippen molar-refractivity contribution in [2.24, 2.45) is 0 Å². The minimum absolute atomic E-state index is 0.0133. The third-order valence-electron chi connectivity index (χ3n) is 4.62. The van der Waals surface area contributed by atoms with Crippen LogP contribution in [0.2, 0.25) is 5.15 Å². The summed E-state index contributed by atoms with van der Waals surface area (Å²) in [4.78, 5) is 36.7. The van der Waals surface area contributed by atoms with Crippen LogP contribution in [-0.4, -0.2) is 82.6 Å². The van der Waals surface area contributed by atoms with E-state index in [4.69, 9.17) is 11.6 Å². The average molecular weight is 455 g/mol. The Hall–Kier alpha value is -2.83. The molecule has 0 bridgehead atoms. The zero-order chi connectivity index (χ0) is 22.1. The lowest BCUT2D eigenvalue weighted by atomic mass is 10.0. The lowest BCUT2D eigenvalue weighted by molar-refractivity contribution is 0.0957. The molecule has 0 aliphatic carbocycles. The van der Waals surface area contributed by atoms with E-state index in [0.29, 0.717) is 17.0 Å². The van der Waals surface area contributed by atoms with Crippen molar-refractivity contribution in [1.29, 1.82) is 0 Å². The molecule has 1 fully saturated rings. The number of nitrogens with zero attached hydrogens (tertiary/aromatic N) is 5. The van der Waals surface area contributed by atoms with E-state index < -0.39 is 28.1 Å². The summed E-state index contributed by atoms with van der Waals surface area (Å²) in [5.41, 5.74) is 1.19. The molecule has 2 amide bonds. The zero-order valence-corrected chi connectivity index (χ0v) is 17.7. The lowest BCUT2D eigenvalue weighted by Gasteiger charge is -2.39. The van der Waals surface area contributed by atoms with Crippen LogP contribution in [0.3, 0.4) is 0 Å². The Labute approximate surface area is 177 Å². The quantitative estimate of drug-likeness (QED) is 0.646. The van der Waals surface area contributed by atoms with E-state index in [9.17, 15) is 23.1 Å². The standard InChI is InChI=1S/C17H19ClN6O5S/c1-19-16(25)13-7-11(20-9-21-13)12-5-10(6-15(18)22-12)14-8-23(17(26)27)3-4-24(14)30(2,28)29/h5-7,9,14H,3-4,8H2,1-2H3,(H,19,25)(H,26,27). The highest BCUT2D eigenvalue weighted by molar-refractivity contribution is 7.88. The van der Waals surface area contributed by atoms with Crippen LogP contribution in [0.1, 0.15) is 22.1 Å². The molecule has 2 aromatic rings. The van der Waals surface area contributed by atoms with E-state index in [1.807, 2.05) is 0 Å². The monoisotopic (exact) mass is 454 g/mol. The Bertz CT molecular complexity index is 1100. The third kappa shape index (κ3) is 4.66. The molecule has 30 heavy (non-hydrogen) atoms. The number of hydrogen-bond acceptors (Lipinski definition) is 7. The van der Waals surface area contributed by atoms with Gasteiger partial charge in [0.2, 0.25) is 10.0 Å². The van der Waals surface area contributed by atoms with E-state index >= 15 is 0 Å². The van der Waals surface area contributed by atoms with Crippen molar-refractivity contribution in [2.45, 2.75) is 6.04 Å². The van der Waals surface area contributed by atoms with Gasteiger partial charge in [-0.15, -0.1) is 0 Å². The summed E-state index contributed by atoms with van der Waals surface area (Å²) in [5.74, 6) is -0.409. The normalized spacial score (nSPS) is 17.6. The van der Waals surface area contributed by atoms with Crippen LogP contribution in [0, 0.1) is 0 Å². The van der Waals surface area contributed by atoms with Crippen LogP contribution >= 0.6 is 11.6 Å². The fourth-order valence-corrected chi connectivity index (χ4v) is 4.48.